The Bertz CT molecular complexity index is 381. The van der Waals surface area contributed by atoms with Gasteiger partial charge in [0.25, 0.3) is 0 Å². The summed E-state index contributed by atoms with van der Waals surface area (Å²) < 4.78 is 5.29. The molecular formula is C16H26N2O2. The van der Waals surface area contributed by atoms with E-state index in [1.165, 1.54) is 5.56 Å². The predicted molar refractivity (Wildman–Crippen MR) is 81.5 cm³/mol. The van der Waals surface area contributed by atoms with E-state index in [4.69, 9.17) is 10.5 Å². The molecule has 1 amide bonds. The number of benzene rings is 1. The number of hydrogen-bond acceptors (Lipinski definition) is 3. The van der Waals surface area contributed by atoms with Gasteiger partial charge in [0.15, 0.2) is 0 Å². The normalized spacial score (nSPS) is 12.2. The standard InChI is InChI=1S/C16H26N2O2/c1-3-18(12-13-20-4-2)16(19)15(17)11-10-14-8-6-5-7-9-14/h5-9,15H,3-4,10-13,17H2,1-2H3/t15-/m0/s1. The second-order valence-electron chi connectivity index (χ2n) is 4.75. The molecule has 0 spiro atoms. The van der Waals surface area contributed by atoms with Crippen LogP contribution in [0.15, 0.2) is 30.3 Å². The minimum atomic E-state index is -0.434. The highest BCUT2D eigenvalue weighted by Crippen LogP contribution is 2.06. The van der Waals surface area contributed by atoms with Crippen LogP contribution in [0.2, 0.25) is 0 Å². The van der Waals surface area contributed by atoms with Crippen molar-refractivity contribution in [1.29, 1.82) is 0 Å². The first-order valence-corrected chi connectivity index (χ1v) is 7.35. The number of aryl methyl sites for hydroxylation is 1. The summed E-state index contributed by atoms with van der Waals surface area (Å²) in [6.07, 6.45) is 1.50. The van der Waals surface area contributed by atoms with E-state index in [-0.39, 0.29) is 5.91 Å². The highest BCUT2D eigenvalue weighted by molar-refractivity contribution is 5.81. The van der Waals surface area contributed by atoms with Crippen LogP contribution in [-0.4, -0.2) is 43.2 Å². The molecule has 0 aliphatic heterocycles. The predicted octanol–water partition coefficient (Wildman–Crippen LogP) is 1.83. The zero-order valence-electron chi connectivity index (χ0n) is 12.5. The van der Waals surface area contributed by atoms with E-state index < -0.39 is 6.04 Å². The molecule has 1 aromatic carbocycles. The Hall–Kier alpha value is -1.39. The SMILES string of the molecule is CCOCCN(CC)C(=O)[C@@H](N)CCc1ccccc1. The van der Waals surface area contributed by atoms with Crippen molar-refractivity contribution in [2.24, 2.45) is 5.73 Å². The third-order valence-electron chi connectivity index (χ3n) is 3.31. The Balaban J connectivity index is 2.40. The van der Waals surface area contributed by atoms with Gasteiger partial charge in [-0.05, 0) is 32.3 Å². The summed E-state index contributed by atoms with van der Waals surface area (Å²) in [4.78, 5) is 14.0. The van der Waals surface area contributed by atoms with E-state index in [9.17, 15) is 4.79 Å². The molecule has 0 bridgehead atoms. The van der Waals surface area contributed by atoms with Gasteiger partial charge in [-0.2, -0.15) is 0 Å². The Morgan fingerprint density at radius 1 is 1.30 bits per heavy atom. The lowest BCUT2D eigenvalue weighted by molar-refractivity contribution is -0.133. The number of rotatable bonds is 9. The summed E-state index contributed by atoms with van der Waals surface area (Å²) in [7, 11) is 0. The first-order chi connectivity index (χ1) is 9.69. The van der Waals surface area contributed by atoms with Crippen molar-refractivity contribution < 1.29 is 9.53 Å². The molecule has 112 valence electrons. The molecule has 2 N–H and O–H groups in total. The molecule has 0 heterocycles. The van der Waals surface area contributed by atoms with Gasteiger partial charge in [0, 0.05) is 19.7 Å². The summed E-state index contributed by atoms with van der Waals surface area (Å²) in [5.74, 6) is 0.0168. The van der Waals surface area contributed by atoms with E-state index in [0.29, 0.717) is 32.7 Å². The smallest absolute Gasteiger partial charge is 0.239 e. The molecule has 4 nitrogen and oxygen atoms in total. The molecule has 0 aliphatic carbocycles. The monoisotopic (exact) mass is 278 g/mol. The molecule has 4 heteroatoms. The van der Waals surface area contributed by atoms with Gasteiger partial charge in [0.2, 0.25) is 5.91 Å². The van der Waals surface area contributed by atoms with E-state index >= 15 is 0 Å². The lowest BCUT2D eigenvalue weighted by Crippen LogP contribution is -2.45. The minimum Gasteiger partial charge on any atom is -0.380 e. The van der Waals surface area contributed by atoms with Gasteiger partial charge in [0.1, 0.15) is 0 Å². The Labute approximate surface area is 121 Å². The molecular weight excluding hydrogens is 252 g/mol. The third kappa shape index (κ3) is 5.72. The Kier molecular flexibility index (Phi) is 7.92. The van der Waals surface area contributed by atoms with Crippen LogP contribution in [0, 0.1) is 0 Å². The van der Waals surface area contributed by atoms with Crippen LogP contribution < -0.4 is 5.73 Å². The fourth-order valence-corrected chi connectivity index (χ4v) is 2.07. The number of nitrogens with zero attached hydrogens (tertiary/aromatic N) is 1. The second-order valence-corrected chi connectivity index (χ2v) is 4.75. The largest absolute Gasteiger partial charge is 0.380 e. The number of nitrogens with two attached hydrogens (primary N) is 1. The van der Waals surface area contributed by atoms with Crippen LogP contribution >= 0.6 is 0 Å². The van der Waals surface area contributed by atoms with Gasteiger partial charge in [-0.25, -0.2) is 0 Å². The number of ether oxygens (including phenoxy) is 1. The number of amides is 1. The van der Waals surface area contributed by atoms with Crippen molar-refractivity contribution in [1.82, 2.24) is 4.90 Å². The maximum Gasteiger partial charge on any atom is 0.239 e. The van der Waals surface area contributed by atoms with Crippen molar-refractivity contribution in [3.05, 3.63) is 35.9 Å². The van der Waals surface area contributed by atoms with Crippen molar-refractivity contribution in [2.75, 3.05) is 26.3 Å². The van der Waals surface area contributed by atoms with E-state index in [1.54, 1.807) is 4.90 Å². The second kappa shape index (κ2) is 9.50. The number of hydrogen-bond donors (Lipinski definition) is 1. The van der Waals surface area contributed by atoms with Crippen LogP contribution in [0.1, 0.15) is 25.8 Å². The van der Waals surface area contributed by atoms with Crippen LogP contribution in [0.3, 0.4) is 0 Å². The highest BCUT2D eigenvalue weighted by Gasteiger charge is 2.19. The van der Waals surface area contributed by atoms with Crippen molar-refractivity contribution in [3.63, 3.8) is 0 Å². The summed E-state index contributed by atoms with van der Waals surface area (Å²) in [6.45, 7) is 6.44. The number of carbonyl (C=O) groups excluding carboxylic acids is 1. The van der Waals surface area contributed by atoms with Gasteiger partial charge in [0.05, 0.1) is 12.6 Å². The maximum atomic E-state index is 12.2. The molecule has 0 unspecified atom stereocenters. The molecule has 0 saturated heterocycles. The fraction of sp³-hybridized carbons (Fsp3) is 0.562. The molecule has 0 aromatic heterocycles. The summed E-state index contributed by atoms with van der Waals surface area (Å²) in [5.41, 5.74) is 7.23. The minimum absolute atomic E-state index is 0.0168. The van der Waals surface area contributed by atoms with E-state index in [0.717, 1.165) is 6.42 Å². The average Bonchev–Trinajstić information content (AvgIpc) is 2.49. The van der Waals surface area contributed by atoms with E-state index in [2.05, 4.69) is 12.1 Å². The highest BCUT2D eigenvalue weighted by atomic mass is 16.5. The van der Waals surface area contributed by atoms with Gasteiger partial charge in [-0.15, -0.1) is 0 Å². The summed E-state index contributed by atoms with van der Waals surface area (Å²) in [6, 6.07) is 9.68. The Morgan fingerprint density at radius 3 is 2.60 bits per heavy atom. The van der Waals surface area contributed by atoms with E-state index in [1.807, 2.05) is 32.0 Å². The fourth-order valence-electron chi connectivity index (χ4n) is 2.07. The zero-order chi connectivity index (χ0) is 14.8. The molecule has 20 heavy (non-hydrogen) atoms. The lowest BCUT2D eigenvalue weighted by atomic mass is 10.0. The molecule has 1 rings (SSSR count). The topological polar surface area (TPSA) is 55.6 Å². The van der Waals surface area contributed by atoms with Crippen LogP contribution in [-0.2, 0) is 16.0 Å². The van der Waals surface area contributed by atoms with Crippen LogP contribution in [0.5, 0.6) is 0 Å². The molecule has 0 aliphatic rings. The molecule has 0 saturated carbocycles. The van der Waals surface area contributed by atoms with Gasteiger partial charge in [-0.1, -0.05) is 30.3 Å². The summed E-state index contributed by atoms with van der Waals surface area (Å²) >= 11 is 0. The first kappa shape index (κ1) is 16.7. The van der Waals surface area contributed by atoms with Crippen molar-refractivity contribution in [2.45, 2.75) is 32.7 Å². The van der Waals surface area contributed by atoms with Gasteiger partial charge < -0.3 is 15.4 Å². The lowest BCUT2D eigenvalue weighted by Gasteiger charge is -2.24. The Morgan fingerprint density at radius 2 is 2.00 bits per heavy atom. The van der Waals surface area contributed by atoms with Gasteiger partial charge >= 0.3 is 0 Å². The average molecular weight is 278 g/mol. The van der Waals surface area contributed by atoms with Crippen LogP contribution in [0.4, 0.5) is 0 Å². The molecule has 1 aromatic rings. The molecule has 0 radical (unpaired) electrons. The zero-order valence-corrected chi connectivity index (χ0v) is 12.5. The van der Waals surface area contributed by atoms with Crippen molar-refractivity contribution >= 4 is 5.91 Å². The van der Waals surface area contributed by atoms with Gasteiger partial charge in [-0.3, -0.25) is 4.79 Å². The number of likely N-dealkylation sites (N-methyl/N-ethyl adjacent to an activating group) is 1. The number of carbonyl (C=O) groups is 1. The summed E-state index contributed by atoms with van der Waals surface area (Å²) in [5, 5.41) is 0. The van der Waals surface area contributed by atoms with Crippen LogP contribution in [0.25, 0.3) is 0 Å². The van der Waals surface area contributed by atoms with Crippen molar-refractivity contribution in [3.8, 4) is 0 Å². The first-order valence-electron chi connectivity index (χ1n) is 7.35. The maximum absolute atomic E-state index is 12.2. The third-order valence-corrected chi connectivity index (χ3v) is 3.31. The molecule has 1 atom stereocenters. The quantitative estimate of drug-likeness (QED) is 0.701. The molecule has 0 fully saturated rings.